The first kappa shape index (κ1) is 10.9. The lowest BCUT2D eigenvalue weighted by Gasteiger charge is -2.01. The molecule has 0 rings (SSSR count). The van der Waals surface area contributed by atoms with Crippen molar-refractivity contribution in [2.75, 3.05) is 26.3 Å². The molecule has 0 spiro atoms. The first-order valence-corrected chi connectivity index (χ1v) is 4.39. The molecule has 0 aliphatic rings. The molecule has 0 heterocycles. The molecular weight excluding hydrogens is 140 g/mol. The van der Waals surface area contributed by atoms with Gasteiger partial charge in [0.2, 0.25) is 0 Å². The highest BCUT2D eigenvalue weighted by Crippen LogP contribution is 1.93. The summed E-state index contributed by atoms with van der Waals surface area (Å²) in [7, 11) is 0. The highest BCUT2D eigenvalue weighted by Gasteiger charge is 1.88. The van der Waals surface area contributed by atoms with Gasteiger partial charge in [0.15, 0.2) is 0 Å². The summed E-state index contributed by atoms with van der Waals surface area (Å²) in [6.07, 6.45) is 4.39. The third-order valence-corrected chi connectivity index (χ3v) is 1.49. The molecule has 0 aromatic rings. The van der Waals surface area contributed by atoms with Crippen molar-refractivity contribution >= 4 is 0 Å². The van der Waals surface area contributed by atoms with Crippen molar-refractivity contribution in [1.29, 1.82) is 0 Å². The maximum atomic E-state index is 5.33. The van der Waals surface area contributed by atoms with E-state index >= 15 is 0 Å². The van der Waals surface area contributed by atoms with Crippen LogP contribution in [0, 0.1) is 0 Å². The Kier molecular flexibility index (Phi) is 9.77. The van der Waals surface area contributed by atoms with E-state index in [1.807, 2.05) is 0 Å². The average Bonchev–Trinajstić information content (AvgIpc) is 2.03. The van der Waals surface area contributed by atoms with Crippen LogP contribution < -0.4 is 11.5 Å². The Labute approximate surface area is 69.1 Å². The van der Waals surface area contributed by atoms with Crippen LogP contribution in [0.15, 0.2) is 0 Å². The minimum absolute atomic E-state index is 0.725. The van der Waals surface area contributed by atoms with Crippen LogP contribution in [0.5, 0.6) is 0 Å². The van der Waals surface area contributed by atoms with E-state index in [-0.39, 0.29) is 0 Å². The second-order valence-corrected chi connectivity index (χ2v) is 2.60. The van der Waals surface area contributed by atoms with Gasteiger partial charge in [-0.05, 0) is 38.8 Å². The second-order valence-electron chi connectivity index (χ2n) is 2.60. The number of unbranched alkanes of at least 4 members (excludes halogenated alkanes) is 2. The van der Waals surface area contributed by atoms with Crippen molar-refractivity contribution in [2.45, 2.75) is 25.7 Å². The summed E-state index contributed by atoms with van der Waals surface area (Å²) >= 11 is 0. The molecule has 0 fully saturated rings. The summed E-state index contributed by atoms with van der Waals surface area (Å²) in [6, 6.07) is 0. The van der Waals surface area contributed by atoms with E-state index in [9.17, 15) is 0 Å². The zero-order valence-corrected chi connectivity index (χ0v) is 7.22. The van der Waals surface area contributed by atoms with Crippen molar-refractivity contribution in [1.82, 2.24) is 0 Å². The zero-order valence-electron chi connectivity index (χ0n) is 7.22. The van der Waals surface area contributed by atoms with Crippen LogP contribution >= 0.6 is 0 Å². The topological polar surface area (TPSA) is 61.3 Å². The zero-order chi connectivity index (χ0) is 8.36. The van der Waals surface area contributed by atoms with E-state index in [1.54, 1.807) is 0 Å². The molecule has 0 aliphatic heterocycles. The fraction of sp³-hybridized carbons (Fsp3) is 1.00. The van der Waals surface area contributed by atoms with E-state index in [0.29, 0.717) is 0 Å². The largest absolute Gasteiger partial charge is 0.381 e. The maximum absolute atomic E-state index is 5.33. The molecule has 0 amide bonds. The molecular formula is C8H20N2O. The van der Waals surface area contributed by atoms with Crippen LogP contribution in [-0.2, 0) is 4.74 Å². The molecule has 11 heavy (non-hydrogen) atoms. The van der Waals surface area contributed by atoms with Gasteiger partial charge in [0, 0.05) is 13.2 Å². The van der Waals surface area contributed by atoms with E-state index < -0.39 is 0 Å². The normalized spacial score (nSPS) is 10.4. The molecule has 0 saturated carbocycles. The summed E-state index contributed by atoms with van der Waals surface area (Å²) in [5.74, 6) is 0. The maximum Gasteiger partial charge on any atom is 0.0478 e. The molecule has 0 atom stereocenters. The lowest BCUT2D eigenvalue weighted by molar-refractivity contribution is 0.129. The molecule has 0 radical (unpaired) electrons. The molecule has 0 aromatic heterocycles. The van der Waals surface area contributed by atoms with Crippen LogP contribution in [0.25, 0.3) is 0 Å². The average molecular weight is 160 g/mol. The fourth-order valence-corrected chi connectivity index (χ4v) is 0.813. The molecule has 0 aromatic carbocycles. The molecule has 0 bridgehead atoms. The molecule has 3 heteroatoms. The quantitative estimate of drug-likeness (QED) is 0.508. The monoisotopic (exact) mass is 160 g/mol. The van der Waals surface area contributed by atoms with Crippen molar-refractivity contribution < 1.29 is 4.74 Å². The number of hydrogen-bond donors (Lipinski definition) is 2. The van der Waals surface area contributed by atoms with E-state index in [4.69, 9.17) is 16.2 Å². The Morgan fingerprint density at radius 2 is 1.36 bits per heavy atom. The Bertz CT molecular complexity index is 61.1. The molecule has 0 aliphatic carbocycles. The predicted molar refractivity (Wildman–Crippen MR) is 47.4 cm³/mol. The first-order chi connectivity index (χ1) is 5.41. The van der Waals surface area contributed by atoms with Gasteiger partial charge in [-0.25, -0.2) is 0 Å². The Hall–Kier alpha value is -0.120. The Balaban J connectivity index is 2.69. The van der Waals surface area contributed by atoms with E-state index in [2.05, 4.69) is 0 Å². The van der Waals surface area contributed by atoms with Gasteiger partial charge in [-0.15, -0.1) is 0 Å². The molecule has 0 saturated heterocycles. The molecule has 4 N–H and O–H groups in total. The summed E-state index contributed by atoms with van der Waals surface area (Å²) in [5, 5.41) is 0. The van der Waals surface area contributed by atoms with E-state index in [1.165, 1.54) is 6.42 Å². The van der Waals surface area contributed by atoms with Crippen LogP contribution in [0.1, 0.15) is 25.7 Å². The van der Waals surface area contributed by atoms with Crippen LogP contribution in [0.4, 0.5) is 0 Å². The Morgan fingerprint density at radius 1 is 0.727 bits per heavy atom. The van der Waals surface area contributed by atoms with Crippen molar-refractivity contribution in [2.24, 2.45) is 11.5 Å². The number of nitrogens with two attached hydrogens (primary N) is 2. The third kappa shape index (κ3) is 9.88. The fourth-order valence-electron chi connectivity index (χ4n) is 0.813. The van der Waals surface area contributed by atoms with Gasteiger partial charge in [-0.2, -0.15) is 0 Å². The number of ether oxygens (including phenoxy) is 1. The lowest BCUT2D eigenvalue weighted by atomic mass is 10.2. The predicted octanol–water partition coefficient (Wildman–Crippen LogP) is 0.481. The summed E-state index contributed by atoms with van der Waals surface area (Å²) in [4.78, 5) is 0. The SMILES string of the molecule is NCCCCCOCCCN. The van der Waals surface area contributed by atoms with Crippen LogP contribution in [-0.4, -0.2) is 26.3 Å². The van der Waals surface area contributed by atoms with E-state index in [0.717, 1.165) is 45.6 Å². The highest BCUT2D eigenvalue weighted by atomic mass is 16.5. The minimum Gasteiger partial charge on any atom is -0.381 e. The highest BCUT2D eigenvalue weighted by molar-refractivity contribution is 4.42. The van der Waals surface area contributed by atoms with Gasteiger partial charge in [0.05, 0.1) is 0 Å². The van der Waals surface area contributed by atoms with Gasteiger partial charge in [-0.1, -0.05) is 0 Å². The van der Waals surface area contributed by atoms with Gasteiger partial charge in [0.25, 0.3) is 0 Å². The van der Waals surface area contributed by atoms with Crippen LogP contribution in [0.3, 0.4) is 0 Å². The lowest BCUT2D eigenvalue weighted by Crippen LogP contribution is -2.05. The minimum atomic E-state index is 0.725. The number of hydrogen-bond acceptors (Lipinski definition) is 3. The third-order valence-electron chi connectivity index (χ3n) is 1.49. The van der Waals surface area contributed by atoms with Crippen molar-refractivity contribution in [3.63, 3.8) is 0 Å². The molecule has 3 nitrogen and oxygen atoms in total. The van der Waals surface area contributed by atoms with Crippen molar-refractivity contribution in [3.8, 4) is 0 Å². The Morgan fingerprint density at radius 3 is 2.00 bits per heavy atom. The smallest absolute Gasteiger partial charge is 0.0478 e. The summed E-state index contributed by atoms with van der Waals surface area (Å²) in [6.45, 7) is 3.19. The first-order valence-electron chi connectivity index (χ1n) is 4.39. The van der Waals surface area contributed by atoms with Gasteiger partial charge < -0.3 is 16.2 Å². The summed E-state index contributed by atoms with van der Waals surface area (Å²) in [5.41, 5.74) is 10.6. The standard InChI is InChI=1S/C8H20N2O/c9-5-2-1-3-7-11-8-4-6-10/h1-10H2. The van der Waals surface area contributed by atoms with Crippen molar-refractivity contribution in [3.05, 3.63) is 0 Å². The van der Waals surface area contributed by atoms with Gasteiger partial charge >= 0.3 is 0 Å². The van der Waals surface area contributed by atoms with Gasteiger partial charge in [0.1, 0.15) is 0 Å². The summed E-state index contributed by atoms with van der Waals surface area (Å²) < 4.78 is 5.30. The number of rotatable bonds is 8. The van der Waals surface area contributed by atoms with Gasteiger partial charge in [-0.3, -0.25) is 0 Å². The second kappa shape index (κ2) is 9.88. The molecule has 68 valence electrons. The molecule has 0 unspecified atom stereocenters. The van der Waals surface area contributed by atoms with Crippen LogP contribution in [0.2, 0.25) is 0 Å².